The number of pyridine rings is 1. The fourth-order valence-corrected chi connectivity index (χ4v) is 1.02. The lowest BCUT2D eigenvalue weighted by molar-refractivity contribution is 0.560. The van der Waals surface area contributed by atoms with Gasteiger partial charge in [-0.1, -0.05) is 6.07 Å². The van der Waals surface area contributed by atoms with Gasteiger partial charge in [0.25, 0.3) is 6.29 Å². The van der Waals surface area contributed by atoms with E-state index in [4.69, 9.17) is 0 Å². The third-order valence-corrected chi connectivity index (χ3v) is 1.60. The molecule has 0 atom stereocenters. The zero-order valence-electron chi connectivity index (χ0n) is 6.69. The molecule has 1 radical (unpaired) electrons. The van der Waals surface area contributed by atoms with Crippen LogP contribution in [0.4, 0.5) is 0 Å². The van der Waals surface area contributed by atoms with E-state index in [0.717, 1.165) is 5.69 Å². The summed E-state index contributed by atoms with van der Waals surface area (Å²) in [6, 6.07) is 5.51. The third kappa shape index (κ3) is 1.46. The van der Waals surface area contributed by atoms with Gasteiger partial charge in [-0.3, -0.25) is 9.78 Å². The first kappa shape index (κ1) is 7.67. The molecule has 0 saturated carbocycles. The van der Waals surface area contributed by atoms with Crippen LogP contribution in [0.5, 0.6) is 0 Å². The first-order chi connectivity index (χ1) is 6.40. The van der Waals surface area contributed by atoms with E-state index in [1.54, 1.807) is 18.7 Å². The smallest absolute Gasteiger partial charge is 0.271 e. The summed E-state index contributed by atoms with van der Waals surface area (Å²) in [5, 5.41) is 0. The lowest BCUT2D eigenvalue weighted by Crippen LogP contribution is -1.84. The molecule has 2 heterocycles. The Kier molecular flexibility index (Phi) is 1.88. The van der Waals surface area contributed by atoms with Crippen molar-refractivity contribution in [2.45, 2.75) is 0 Å². The lowest BCUT2D eigenvalue weighted by atomic mass is 10.3. The summed E-state index contributed by atoms with van der Waals surface area (Å²) < 4.78 is 0. The molecular formula is C9H6N3O. The quantitative estimate of drug-likeness (QED) is 0.733. The van der Waals surface area contributed by atoms with Gasteiger partial charge in [-0.05, 0) is 12.1 Å². The minimum Gasteiger partial charge on any atom is -0.341 e. The number of nitrogens with zero attached hydrogens (tertiary/aromatic N) is 2. The van der Waals surface area contributed by atoms with Crippen LogP contribution < -0.4 is 0 Å². The van der Waals surface area contributed by atoms with Crippen molar-refractivity contribution in [2.24, 2.45) is 0 Å². The minimum atomic E-state index is 0.195. The Labute approximate surface area is 74.7 Å². The van der Waals surface area contributed by atoms with Gasteiger partial charge < -0.3 is 4.98 Å². The average Bonchev–Trinajstić information content (AvgIpc) is 2.67. The zero-order chi connectivity index (χ0) is 9.10. The van der Waals surface area contributed by atoms with Crippen LogP contribution in [-0.2, 0) is 4.79 Å². The van der Waals surface area contributed by atoms with Crippen LogP contribution in [-0.4, -0.2) is 21.2 Å². The standard InChI is InChI=1S/C9H6N3O/c13-6-9-11-5-8(12-9)7-3-1-2-4-10-7/h1-5H,(H,11,12). The first-order valence-corrected chi connectivity index (χ1v) is 3.75. The molecular weight excluding hydrogens is 166 g/mol. The van der Waals surface area contributed by atoms with Gasteiger partial charge in [0.2, 0.25) is 0 Å². The Hall–Kier alpha value is -1.97. The Morgan fingerprint density at radius 2 is 2.23 bits per heavy atom. The van der Waals surface area contributed by atoms with Gasteiger partial charge in [-0.25, -0.2) is 4.98 Å². The summed E-state index contributed by atoms with van der Waals surface area (Å²) in [7, 11) is 0. The van der Waals surface area contributed by atoms with Crippen LogP contribution in [0, 0.1) is 0 Å². The van der Waals surface area contributed by atoms with E-state index in [1.807, 2.05) is 18.2 Å². The Balaban J connectivity index is 2.41. The van der Waals surface area contributed by atoms with E-state index in [2.05, 4.69) is 15.0 Å². The molecule has 2 aromatic rings. The SMILES string of the molecule is O=[C]c1nc(-c2ccccn2)c[nH]1. The fourth-order valence-electron chi connectivity index (χ4n) is 1.02. The molecule has 4 nitrogen and oxygen atoms in total. The summed E-state index contributed by atoms with van der Waals surface area (Å²) in [5.41, 5.74) is 1.39. The molecule has 0 aliphatic heterocycles. The molecule has 0 aromatic carbocycles. The highest BCUT2D eigenvalue weighted by Crippen LogP contribution is 2.11. The molecule has 0 saturated heterocycles. The number of hydrogen-bond donors (Lipinski definition) is 1. The maximum Gasteiger partial charge on any atom is 0.271 e. The highest BCUT2D eigenvalue weighted by molar-refractivity contribution is 5.71. The van der Waals surface area contributed by atoms with Gasteiger partial charge in [0, 0.05) is 12.4 Å². The molecule has 0 aliphatic rings. The average molecular weight is 172 g/mol. The van der Waals surface area contributed by atoms with Gasteiger partial charge in [-0.2, -0.15) is 0 Å². The molecule has 1 N–H and O–H groups in total. The van der Waals surface area contributed by atoms with Crippen LogP contribution in [0.2, 0.25) is 0 Å². The number of imidazole rings is 1. The second kappa shape index (κ2) is 3.18. The van der Waals surface area contributed by atoms with Crippen molar-refractivity contribution >= 4 is 6.29 Å². The molecule has 2 rings (SSSR count). The fraction of sp³-hybridized carbons (Fsp3) is 0. The number of H-pyrrole nitrogens is 1. The summed E-state index contributed by atoms with van der Waals surface area (Å²) in [4.78, 5) is 20.9. The highest BCUT2D eigenvalue weighted by Gasteiger charge is 2.02. The Bertz CT molecular complexity index is 408. The molecule has 0 amide bonds. The lowest BCUT2D eigenvalue weighted by Gasteiger charge is -1.91. The van der Waals surface area contributed by atoms with E-state index >= 15 is 0 Å². The molecule has 0 bridgehead atoms. The number of carbonyl (C=O) groups excluding carboxylic acids is 1. The van der Waals surface area contributed by atoms with E-state index < -0.39 is 0 Å². The predicted octanol–water partition coefficient (Wildman–Crippen LogP) is 0.929. The van der Waals surface area contributed by atoms with Crippen molar-refractivity contribution in [3.05, 3.63) is 36.4 Å². The van der Waals surface area contributed by atoms with Crippen molar-refractivity contribution in [3.63, 3.8) is 0 Å². The second-order valence-corrected chi connectivity index (χ2v) is 2.45. The molecule has 13 heavy (non-hydrogen) atoms. The molecule has 2 aromatic heterocycles. The number of hydrogen-bond acceptors (Lipinski definition) is 3. The molecule has 0 fully saturated rings. The second-order valence-electron chi connectivity index (χ2n) is 2.45. The molecule has 0 unspecified atom stereocenters. The van der Waals surface area contributed by atoms with Crippen molar-refractivity contribution in [2.75, 3.05) is 0 Å². The summed E-state index contributed by atoms with van der Waals surface area (Å²) in [6.07, 6.45) is 4.98. The topological polar surface area (TPSA) is 58.6 Å². The van der Waals surface area contributed by atoms with Crippen LogP contribution >= 0.6 is 0 Å². The largest absolute Gasteiger partial charge is 0.341 e. The molecule has 0 aliphatic carbocycles. The van der Waals surface area contributed by atoms with Gasteiger partial charge in [0.1, 0.15) is 5.69 Å². The van der Waals surface area contributed by atoms with E-state index in [1.165, 1.54) is 0 Å². The first-order valence-electron chi connectivity index (χ1n) is 3.75. The van der Waals surface area contributed by atoms with Crippen LogP contribution in [0.1, 0.15) is 5.82 Å². The van der Waals surface area contributed by atoms with Crippen LogP contribution in [0.3, 0.4) is 0 Å². The van der Waals surface area contributed by atoms with Crippen molar-refractivity contribution < 1.29 is 4.79 Å². The monoisotopic (exact) mass is 172 g/mol. The van der Waals surface area contributed by atoms with Crippen molar-refractivity contribution in [3.8, 4) is 11.4 Å². The van der Waals surface area contributed by atoms with Crippen molar-refractivity contribution in [1.29, 1.82) is 0 Å². The summed E-state index contributed by atoms with van der Waals surface area (Å²) >= 11 is 0. The van der Waals surface area contributed by atoms with E-state index in [9.17, 15) is 4.79 Å². The van der Waals surface area contributed by atoms with E-state index in [-0.39, 0.29) is 5.82 Å². The maximum absolute atomic E-state index is 10.2. The predicted molar refractivity (Wildman–Crippen MR) is 46.6 cm³/mol. The Morgan fingerprint density at radius 3 is 2.85 bits per heavy atom. The minimum absolute atomic E-state index is 0.195. The van der Waals surface area contributed by atoms with Crippen LogP contribution in [0.15, 0.2) is 30.6 Å². The normalized spacial score (nSPS) is 9.85. The van der Waals surface area contributed by atoms with Gasteiger partial charge in [0.05, 0.1) is 5.69 Å². The molecule has 4 heteroatoms. The summed E-state index contributed by atoms with van der Waals surface area (Å²) in [5.74, 6) is 0.195. The van der Waals surface area contributed by atoms with E-state index in [0.29, 0.717) is 5.69 Å². The third-order valence-electron chi connectivity index (χ3n) is 1.60. The maximum atomic E-state index is 10.2. The number of aromatic nitrogens is 3. The number of aromatic amines is 1. The zero-order valence-corrected chi connectivity index (χ0v) is 6.69. The molecule has 63 valence electrons. The number of nitrogens with one attached hydrogen (secondary N) is 1. The highest BCUT2D eigenvalue weighted by atomic mass is 16.1. The Morgan fingerprint density at radius 1 is 1.31 bits per heavy atom. The van der Waals surface area contributed by atoms with Gasteiger partial charge >= 0.3 is 0 Å². The van der Waals surface area contributed by atoms with Crippen LogP contribution in [0.25, 0.3) is 11.4 Å². The van der Waals surface area contributed by atoms with Gasteiger partial charge in [-0.15, -0.1) is 0 Å². The van der Waals surface area contributed by atoms with Crippen molar-refractivity contribution in [1.82, 2.24) is 15.0 Å². The summed E-state index contributed by atoms with van der Waals surface area (Å²) in [6.45, 7) is 0. The molecule has 0 spiro atoms. The van der Waals surface area contributed by atoms with Gasteiger partial charge in [0.15, 0.2) is 5.82 Å². The number of rotatable bonds is 2.